The maximum atomic E-state index is 13.2. The maximum Gasteiger partial charge on any atom is 0.339 e. The third kappa shape index (κ3) is 3.66. The molecule has 0 N–H and O–H groups in total. The topological polar surface area (TPSA) is 119 Å². The van der Waals surface area contributed by atoms with E-state index in [1.165, 1.54) is 36.4 Å². The molecule has 0 bridgehead atoms. The molecular weight excluding hydrogens is 394 g/mol. The number of imide groups is 1. The minimum atomic E-state index is -1.68. The summed E-state index contributed by atoms with van der Waals surface area (Å²) >= 11 is 0. The van der Waals surface area contributed by atoms with Crippen LogP contribution in [0.25, 0.3) is 0 Å². The lowest BCUT2D eigenvalue weighted by Crippen LogP contribution is -2.42. The number of rotatable bonds is 7. The summed E-state index contributed by atoms with van der Waals surface area (Å²) in [5, 5.41) is 11.5. The molecule has 1 aliphatic heterocycles. The van der Waals surface area contributed by atoms with Crippen LogP contribution < -0.4 is 14.5 Å². The molecule has 1 heterocycles. The molecule has 30 heavy (non-hydrogen) atoms. The van der Waals surface area contributed by atoms with E-state index in [2.05, 4.69) is 0 Å². The molecule has 3 rings (SSSR count). The predicted molar refractivity (Wildman–Crippen MR) is 106 cm³/mol. The van der Waals surface area contributed by atoms with Gasteiger partial charge >= 0.3 is 12.0 Å². The number of nitro benzene ring substituents is 1. The highest BCUT2D eigenvalue weighted by Crippen LogP contribution is 2.36. The SMILES string of the molecule is CCOC(=O)C1C(=O)N(c2ccc(OCC)cc2)C(=O)N1c1ccccc1[N+](=O)[O-]. The average molecular weight is 413 g/mol. The predicted octanol–water partition coefficient (Wildman–Crippen LogP) is 2.90. The van der Waals surface area contributed by atoms with Crippen LogP contribution >= 0.6 is 0 Å². The van der Waals surface area contributed by atoms with E-state index in [-0.39, 0.29) is 18.0 Å². The Balaban J connectivity index is 2.09. The number of hydrogen-bond acceptors (Lipinski definition) is 7. The van der Waals surface area contributed by atoms with Gasteiger partial charge in [0.25, 0.3) is 11.6 Å². The van der Waals surface area contributed by atoms with Crippen LogP contribution in [0, 0.1) is 10.1 Å². The maximum absolute atomic E-state index is 13.2. The van der Waals surface area contributed by atoms with E-state index in [1.807, 2.05) is 6.92 Å². The highest BCUT2D eigenvalue weighted by molar-refractivity contribution is 6.34. The van der Waals surface area contributed by atoms with Crippen LogP contribution in [-0.4, -0.2) is 42.1 Å². The van der Waals surface area contributed by atoms with Gasteiger partial charge in [-0.3, -0.25) is 19.8 Å². The van der Waals surface area contributed by atoms with Crippen molar-refractivity contribution in [1.29, 1.82) is 0 Å². The van der Waals surface area contributed by atoms with Crippen molar-refractivity contribution < 1.29 is 28.8 Å². The van der Waals surface area contributed by atoms with E-state index in [0.717, 1.165) is 9.80 Å². The number of carbonyl (C=O) groups excluding carboxylic acids is 3. The quantitative estimate of drug-likeness (QED) is 0.225. The molecule has 2 aromatic rings. The Bertz CT molecular complexity index is 990. The van der Waals surface area contributed by atoms with Crippen molar-refractivity contribution >= 4 is 35.0 Å². The van der Waals surface area contributed by atoms with Gasteiger partial charge in [-0.2, -0.15) is 0 Å². The van der Waals surface area contributed by atoms with Crippen molar-refractivity contribution in [3.63, 3.8) is 0 Å². The number of urea groups is 1. The van der Waals surface area contributed by atoms with Crippen molar-refractivity contribution in [3.8, 4) is 5.75 Å². The van der Waals surface area contributed by atoms with Gasteiger partial charge in [0.1, 0.15) is 11.4 Å². The van der Waals surface area contributed by atoms with Gasteiger partial charge in [0, 0.05) is 6.07 Å². The Labute approximate surface area is 171 Å². The summed E-state index contributed by atoms with van der Waals surface area (Å²) in [6, 6.07) is 8.96. The molecule has 0 saturated carbocycles. The molecule has 3 amide bonds. The Morgan fingerprint density at radius 2 is 1.73 bits per heavy atom. The molecular formula is C20H19N3O7. The lowest BCUT2D eigenvalue weighted by molar-refractivity contribution is -0.384. The largest absolute Gasteiger partial charge is 0.494 e. The first-order valence-electron chi connectivity index (χ1n) is 9.20. The van der Waals surface area contributed by atoms with Gasteiger partial charge in [-0.05, 0) is 44.2 Å². The van der Waals surface area contributed by atoms with Crippen LogP contribution in [0.1, 0.15) is 13.8 Å². The fourth-order valence-electron chi connectivity index (χ4n) is 3.13. The lowest BCUT2D eigenvalue weighted by Gasteiger charge is -2.20. The van der Waals surface area contributed by atoms with Gasteiger partial charge < -0.3 is 9.47 Å². The van der Waals surface area contributed by atoms with Crippen LogP contribution in [0.15, 0.2) is 48.5 Å². The number of anilines is 2. The lowest BCUT2D eigenvalue weighted by atomic mass is 10.2. The normalized spacial score (nSPS) is 16.0. The Morgan fingerprint density at radius 1 is 1.07 bits per heavy atom. The number of nitrogens with zero attached hydrogens (tertiary/aromatic N) is 3. The fourth-order valence-corrected chi connectivity index (χ4v) is 3.13. The molecule has 0 radical (unpaired) electrons. The number of para-hydroxylation sites is 2. The van der Waals surface area contributed by atoms with E-state index in [4.69, 9.17) is 9.47 Å². The summed E-state index contributed by atoms with van der Waals surface area (Å²) in [6.45, 7) is 3.79. The highest BCUT2D eigenvalue weighted by Gasteiger charge is 2.53. The van der Waals surface area contributed by atoms with Crippen LogP contribution in [0.3, 0.4) is 0 Å². The molecule has 0 spiro atoms. The Kier molecular flexibility index (Phi) is 5.95. The van der Waals surface area contributed by atoms with Gasteiger partial charge in [-0.1, -0.05) is 12.1 Å². The molecule has 0 aliphatic carbocycles. The van der Waals surface area contributed by atoms with E-state index in [0.29, 0.717) is 12.4 Å². The smallest absolute Gasteiger partial charge is 0.339 e. The second kappa shape index (κ2) is 8.60. The van der Waals surface area contributed by atoms with Crippen molar-refractivity contribution in [2.75, 3.05) is 23.0 Å². The zero-order valence-electron chi connectivity index (χ0n) is 16.3. The third-order valence-corrected chi connectivity index (χ3v) is 4.36. The Morgan fingerprint density at radius 3 is 2.33 bits per heavy atom. The van der Waals surface area contributed by atoms with Gasteiger partial charge in [0.15, 0.2) is 0 Å². The molecule has 1 aliphatic rings. The Hall–Kier alpha value is -3.95. The molecule has 10 heteroatoms. The molecule has 1 fully saturated rings. The van der Waals surface area contributed by atoms with E-state index >= 15 is 0 Å². The summed E-state index contributed by atoms with van der Waals surface area (Å²) in [5.74, 6) is -1.29. The van der Waals surface area contributed by atoms with Crippen molar-refractivity contribution in [1.82, 2.24) is 0 Å². The second-order valence-electron chi connectivity index (χ2n) is 6.15. The van der Waals surface area contributed by atoms with Crippen LogP contribution in [0.2, 0.25) is 0 Å². The van der Waals surface area contributed by atoms with E-state index < -0.39 is 34.6 Å². The average Bonchev–Trinajstić information content (AvgIpc) is 2.99. The summed E-state index contributed by atoms with van der Waals surface area (Å²) in [4.78, 5) is 51.2. The first kappa shape index (κ1) is 20.8. The van der Waals surface area contributed by atoms with Gasteiger partial charge in [-0.15, -0.1) is 0 Å². The summed E-state index contributed by atoms with van der Waals surface area (Å²) < 4.78 is 10.3. The van der Waals surface area contributed by atoms with Crippen LogP contribution in [-0.2, 0) is 14.3 Å². The first-order valence-corrected chi connectivity index (χ1v) is 9.20. The summed E-state index contributed by atoms with van der Waals surface area (Å²) in [5.41, 5.74) is -0.391. The number of carbonyl (C=O) groups is 3. The first-order chi connectivity index (χ1) is 14.4. The number of ether oxygens (including phenoxy) is 2. The van der Waals surface area contributed by atoms with Crippen LogP contribution in [0.5, 0.6) is 5.75 Å². The summed E-state index contributed by atoms with van der Waals surface area (Å²) in [7, 11) is 0. The van der Waals surface area contributed by atoms with E-state index in [1.54, 1.807) is 19.1 Å². The van der Waals surface area contributed by atoms with Gasteiger partial charge in [0.05, 0.1) is 23.8 Å². The number of amides is 3. The number of nitro groups is 1. The monoisotopic (exact) mass is 413 g/mol. The number of esters is 1. The zero-order chi connectivity index (χ0) is 21.8. The van der Waals surface area contributed by atoms with Crippen LogP contribution in [0.4, 0.5) is 21.9 Å². The molecule has 1 atom stereocenters. The minimum Gasteiger partial charge on any atom is -0.494 e. The summed E-state index contributed by atoms with van der Waals surface area (Å²) in [6.07, 6.45) is 0. The highest BCUT2D eigenvalue weighted by atomic mass is 16.6. The third-order valence-electron chi connectivity index (χ3n) is 4.36. The number of benzene rings is 2. The molecule has 0 aromatic heterocycles. The van der Waals surface area contributed by atoms with Crippen molar-refractivity contribution in [2.24, 2.45) is 0 Å². The zero-order valence-corrected chi connectivity index (χ0v) is 16.3. The van der Waals surface area contributed by atoms with Gasteiger partial charge in [0.2, 0.25) is 6.04 Å². The molecule has 156 valence electrons. The molecule has 2 aromatic carbocycles. The molecule has 1 unspecified atom stereocenters. The molecule has 10 nitrogen and oxygen atoms in total. The standard InChI is InChI=1S/C20H19N3O7/c1-3-29-14-11-9-13(10-12-14)21-18(24)17(19(25)30-4-2)22(20(21)26)15-7-5-6-8-16(15)23(27)28/h5-12,17H,3-4H2,1-2H3. The fraction of sp³-hybridized carbons (Fsp3) is 0.250. The van der Waals surface area contributed by atoms with Gasteiger partial charge in [-0.25, -0.2) is 14.5 Å². The second-order valence-corrected chi connectivity index (χ2v) is 6.15. The van der Waals surface area contributed by atoms with E-state index in [9.17, 15) is 24.5 Å². The number of hydrogen-bond donors (Lipinski definition) is 0. The minimum absolute atomic E-state index is 0.0232. The molecule has 1 saturated heterocycles. The van der Waals surface area contributed by atoms with Crippen molar-refractivity contribution in [2.45, 2.75) is 19.9 Å². The van der Waals surface area contributed by atoms with Crippen molar-refractivity contribution in [3.05, 3.63) is 58.6 Å².